The molecule has 19 heavy (non-hydrogen) atoms. The summed E-state index contributed by atoms with van der Waals surface area (Å²) in [6.07, 6.45) is 7.48. The molecule has 1 aromatic carbocycles. The summed E-state index contributed by atoms with van der Waals surface area (Å²) in [6.45, 7) is 2.14. The quantitative estimate of drug-likeness (QED) is 0.855. The molecule has 4 fully saturated rings. The van der Waals surface area contributed by atoms with Crippen LogP contribution in [0, 0.1) is 30.6 Å². The molecular weight excluding hydrogens is 232 g/mol. The lowest BCUT2D eigenvalue weighted by atomic mass is 9.49. The average Bonchev–Trinajstić information content (AvgIpc) is 2.35. The Bertz CT molecular complexity index is 462. The smallest absolute Gasteiger partial charge is 0.0744 e. The van der Waals surface area contributed by atoms with Gasteiger partial charge < -0.3 is 5.11 Å². The van der Waals surface area contributed by atoms with E-state index in [4.69, 9.17) is 0 Å². The van der Waals surface area contributed by atoms with Crippen LogP contribution >= 0.6 is 0 Å². The molecule has 4 aliphatic rings. The normalized spacial score (nSPS) is 43.7. The number of rotatable bonds is 2. The molecule has 0 atom stereocenters. The molecule has 0 aliphatic heterocycles. The summed E-state index contributed by atoms with van der Waals surface area (Å²) in [5.41, 5.74) is 2.24. The van der Waals surface area contributed by atoms with Crippen molar-refractivity contribution in [3.63, 3.8) is 0 Å². The van der Waals surface area contributed by atoms with Crippen molar-refractivity contribution in [3.8, 4) is 0 Å². The van der Waals surface area contributed by atoms with Crippen LogP contribution < -0.4 is 0 Å². The van der Waals surface area contributed by atoms with Crippen LogP contribution in [0.5, 0.6) is 0 Å². The molecule has 102 valence electrons. The Morgan fingerprint density at radius 3 is 2.26 bits per heavy atom. The van der Waals surface area contributed by atoms with Gasteiger partial charge in [0.05, 0.1) is 5.60 Å². The highest BCUT2D eigenvalue weighted by Gasteiger charge is 2.56. The molecule has 1 nitrogen and oxygen atoms in total. The van der Waals surface area contributed by atoms with E-state index < -0.39 is 5.60 Å². The van der Waals surface area contributed by atoms with Gasteiger partial charge in [-0.15, -0.1) is 0 Å². The summed E-state index contributed by atoms with van der Waals surface area (Å²) in [5, 5.41) is 11.3. The third kappa shape index (κ3) is 1.86. The summed E-state index contributed by atoms with van der Waals surface area (Å²) in [4.78, 5) is 0. The van der Waals surface area contributed by atoms with E-state index in [0.717, 1.165) is 18.3 Å². The van der Waals surface area contributed by atoms with Crippen molar-refractivity contribution in [2.45, 2.75) is 51.0 Å². The predicted molar refractivity (Wildman–Crippen MR) is 76.9 cm³/mol. The van der Waals surface area contributed by atoms with Crippen LogP contribution in [0.2, 0.25) is 0 Å². The molecule has 5 rings (SSSR count). The molecule has 1 N–H and O–H groups in total. The number of aryl methyl sites for hydroxylation is 1. The van der Waals surface area contributed by atoms with Gasteiger partial charge in [-0.25, -0.2) is 0 Å². The van der Waals surface area contributed by atoms with Crippen molar-refractivity contribution in [2.24, 2.45) is 23.7 Å². The van der Waals surface area contributed by atoms with Crippen molar-refractivity contribution in [3.05, 3.63) is 35.4 Å². The van der Waals surface area contributed by atoms with Gasteiger partial charge in [-0.3, -0.25) is 0 Å². The van der Waals surface area contributed by atoms with Gasteiger partial charge in [-0.2, -0.15) is 0 Å². The van der Waals surface area contributed by atoms with E-state index in [2.05, 4.69) is 31.2 Å². The molecule has 0 amide bonds. The van der Waals surface area contributed by atoms with E-state index in [-0.39, 0.29) is 0 Å². The Balaban J connectivity index is 1.63. The fraction of sp³-hybridized carbons (Fsp3) is 0.667. The maximum Gasteiger partial charge on any atom is 0.0744 e. The van der Waals surface area contributed by atoms with E-state index in [9.17, 15) is 5.11 Å². The third-order valence-corrected chi connectivity index (χ3v) is 6.12. The number of aliphatic hydroxyl groups is 1. The van der Waals surface area contributed by atoms with Crippen LogP contribution in [0.3, 0.4) is 0 Å². The molecular formula is C18H24O. The fourth-order valence-electron chi connectivity index (χ4n) is 5.44. The van der Waals surface area contributed by atoms with Crippen LogP contribution in [0.1, 0.15) is 43.2 Å². The second-order valence-electron chi connectivity index (χ2n) is 7.46. The minimum Gasteiger partial charge on any atom is -0.389 e. The molecule has 0 radical (unpaired) electrons. The largest absolute Gasteiger partial charge is 0.389 e. The minimum absolute atomic E-state index is 0.402. The lowest BCUT2D eigenvalue weighted by Crippen LogP contribution is -2.58. The highest BCUT2D eigenvalue weighted by atomic mass is 16.3. The first-order valence-corrected chi connectivity index (χ1v) is 7.91. The summed E-state index contributed by atoms with van der Waals surface area (Å²) >= 11 is 0. The van der Waals surface area contributed by atoms with Gasteiger partial charge in [0, 0.05) is 6.42 Å². The zero-order valence-corrected chi connectivity index (χ0v) is 11.8. The highest BCUT2D eigenvalue weighted by molar-refractivity contribution is 5.25. The standard InChI is InChI=1S/C18H24O/c1-12-3-2-4-13(5-12)11-18(19)16-7-14-6-15(9-16)10-17(18)8-14/h2-5,14-17,19H,6-11H2,1H3. The maximum atomic E-state index is 11.3. The van der Waals surface area contributed by atoms with E-state index in [1.54, 1.807) is 0 Å². The van der Waals surface area contributed by atoms with Crippen LogP contribution in [0.25, 0.3) is 0 Å². The van der Waals surface area contributed by atoms with Crippen LogP contribution in [-0.4, -0.2) is 10.7 Å². The monoisotopic (exact) mass is 256 g/mol. The van der Waals surface area contributed by atoms with Crippen LogP contribution in [-0.2, 0) is 6.42 Å². The van der Waals surface area contributed by atoms with Gasteiger partial charge >= 0.3 is 0 Å². The van der Waals surface area contributed by atoms with E-state index in [0.29, 0.717) is 11.8 Å². The van der Waals surface area contributed by atoms with Gasteiger partial charge in [0.1, 0.15) is 0 Å². The van der Waals surface area contributed by atoms with E-state index >= 15 is 0 Å². The van der Waals surface area contributed by atoms with Crippen molar-refractivity contribution in [2.75, 3.05) is 0 Å². The van der Waals surface area contributed by atoms with Gasteiger partial charge in [0.2, 0.25) is 0 Å². The highest BCUT2D eigenvalue weighted by Crippen LogP contribution is 2.59. The SMILES string of the molecule is Cc1cccc(CC2(O)C3CC4CC(C3)CC2C4)c1. The van der Waals surface area contributed by atoms with Gasteiger partial charge in [0.15, 0.2) is 0 Å². The van der Waals surface area contributed by atoms with Crippen molar-refractivity contribution >= 4 is 0 Å². The predicted octanol–water partition coefficient (Wildman–Crippen LogP) is 3.72. The van der Waals surface area contributed by atoms with Crippen molar-refractivity contribution in [1.82, 2.24) is 0 Å². The van der Waals surface area contributed by atoms with Crippen LogP contribution in [0.4, 0.5) is 0 Å². The second kappa shape index (κ2) is 4.09. The van der Waals surface area contributed by atoms with E-state index in [1.165, 1.54) is 43.2 Å². The van der Waals surface area contributed by atoms with Gasteiger partial charge in [-0.1, -0.05) is 29.8 Å². The lowest BCUT2D eigenvalue weighted by molar-refractivity contribution is -0.171. The van der Waals surface area contributed by atoms with E-state index in [1.807, 2.05) is 0 Å². The third-order valence-electron chi connectivity index (χ3n) is 6.12. The van der Waals surface area contributed by atoms with Gasteiger partial charge in [-0.05, 0) is 68.3 Å². The Morgan fingerprint density at radius 2 is 1.68 bits per heavy atom. The Morgan fingerprint density at radius 1 is 1.05 bits per heavy atom. The van der Waals surface area contributed by atoms with Crippen molar-refractivity contribution < 1.29 is 5.11 Å². The minimum atomic E-state index is -0.402. The zero-order valence-electron chi connectivity index (χ0n) is 11.8. The molecule has 0 aromatic heterocycles. The zero-order chi connectivity index (χ0) is 13.0. The van der Waals surface area contributed by atoms with Crippen molar-refractivity contribution in [1.29, 1.82) is 0 Å². The number of benzene rings is 1. The lowest BCUT2D eigenvalue weighted by Gasteiger charge is -2.59. The summed E-state index contributed by atoms with van der Waals surface area (Å²) in [5.74, 6) is 3.01. The summed E-state index contributed by atoms with van der Waals surface area (Å²) in [6, 6.07) is 8.72. The molecule has 0 spiro atoms. The second-order valence-corrected chi connectivity index (χ2v) is 7.46. The Kier molecular flexibility index (Phi) is 2.57. The Labute approximate surface area is 116 Å². The topological polar surface area (TPSA) is 20.2 Å². The molecule has 1 heteroatoms. The average molecular weight is 256 g/mol. The number of hydrogen-bond acceptors (Lipinski definition) is 1. The van der Waals surface area contributed by atoms with Gasteiger partial charge in [0.25, 0.3) is 0 Å². The fourth-order valence-corrected chi connectivity index (χ4v) is 5.44. The molecule has 0 unspecified atom stereocenters. The summed E-state index contributed by atoms with van der Waals surface area (Å²) < 4.78 is 0. The number of hydrogen-bond donors (Lipinski definition) is 1. The van der Waals surface area contributed by atoms with Crippen LogP contribution in [0.15, 0.2) is 24.3 Å². The molecule has 0 saturated heterocycles. The first kappa shape index (κ1) is 12.0. The molecule has 4 aliphatic carbocycles. The molecule has 0 heterocycles. The summed E-state index contributed by atoms with van der Waals surface area (Å²) in [7, 11) is 0. The molecule has 4 saturated carbocycles. The first-order valence-electron chi connectivity index (χ1n) is 7.91. The molecule has 1 aromatic rings. The first-order chi connectivity index (χ1) is 9.13. The Hall–Kier alpha value is -0.820. The maximum absolute atomic E-state index is 11.3. The molecule has 4 bridgehead atoms.